The number of nitrogens with two attached hydrogens (primary N) is 1. The normalized spacial score (nSPS) is 20.9. The minimum absolute atomic E-state index is 0.124. The molecule has 0 radical (unpaired) electrons. The third kappa shape index (κ3) is 3.49. The molecule has 1 aliphatic heterocycles. The second-order valence-electron chi connectivity index (χ2n) is 8.83. The highest BCUT2D eigenvalue weighted by Crippen LogP contribution is 2.52. The van der Waals surface area contributed by atoms with Crippen molar-refractivity contribution in [3.63, 3.8) is 0 Å². The number of hydrogen-bond donors (Lipinski definition) is 1. The van der Waals surface area contributed by atoms with Gasteiger partial charge in [0.25, 0.3) is 0 Å². The number of carbonyl (C=O) groups excluding carboxylic acids is 1. The van der Waals surface area contributed by atoms with Crippen LogP contribution in [0.5, 0.6) is 0 Å². The van der Waals surface area contributed by atoms with Gasteiger partial charge in [-0.15, -0.1) is 0 Å². The lowest BCUT2D eigenvalue weighted by atomic mass is 9.61. The number of halogens is 3. The lowest BCUT2D eigenvalue weighted by molar-refractivity contribution is -0.137. The summed E-state index contributed by atoms with van der Waals surface area (Å²) in [5, 5.41) is 0. The fourth-order valence-corrected chi connectivity index (χ4v) is 4.52. The Bertz CT molecular complexity index is 900. The number of primary amides is 1. The molecule has 0 saturated heterocycles. The molecule has 0 bridgehead atoms. The molecule has 156 valence electrons. The van der Waals surface area contributed by atoms with E-state index < -0.39 is 23.3 Å². The largest absolute Gasteiger partial charge is 0.416 e. The van der Waals surface area contributed by atoms with Gasteiger partial charge < -0.3 is 10.6 Å². The number of urea groups is 1. The quantitative estimate of drug-likeness (QED) is 0.699. The zero-order chi connectivity index (χ0) is 21.6. The molecule has 0 saturated carbocycles. The SMILES string of the molecule is C[C@H](C(C)(C)C)C1(c2ccc(C(F)(F)F)cc2)c2ccccc2CCN1C(N)=O. The first-order valence-electron chi connectivity index (χ1n) is 9.73. The fourth-order valence-electron chi connectivity index (χ4n) is 4.52. The molecule has 1 heterocycles. The van der Waals surface area contributed by atoms with Gasteiger partial charge in [-0.2, -0.15) is 13.2 Å². The maximum absolute atomic E-state index is 13.2. The van der Waals surface area contributed by atoms with Crippen molar-refractivity contribution in [2.75, 3.05) is 6.54 Å². The summed E-state index contributed by atoms with van der Waals surface area (Å²) in [5.74, 6) is -0.124. The van der Waals surface area contributed by atoms with Crippen LogP contribution in [0.25, 0.3) is 0 Å². The molecule has 2 atom stereocenters. The van der Waals surface area contributed by atoms with Crippen LogP contribution < -0.4 is 5.73 Å². The molecule has 0 aliphatic carbocycles. The first kappa shape index (κ1) is 21.2. The number of rotatable bonds is 2. The van der Waals surface area contributed by atoms with E-state index in [-0.39, 0.29) is 11.3 Å². The van der Waals surface area contributed by atoms with E-state index in [9.17, 15) is 18.0 Å². The Hall–Kier alpha value is -2.50. The molecule has 6 heteroatoms. The average Bonchev–Trinajstić information content (AvgIpc) is 2.65. The summed E-state index contributed by atoms with van der Waals surface area (Å²) >= 11 is 0. The summed E-state index contributed by atoms with van der Waals surface area (Å²) in [6.07, 6.45) is -3.77. The molecule has 29 heavy (non-hydrogen) atoms. The Morgan fingerprint density at radius 1 is 1.07 bits per heavy atom. The number of amides is 2. The lowest BCUT2D eigenvalue weighted by Gasteiger charge is -2.55. The van der Waals surface area contributed by atoms with Gasteiger partial charge in [0.15, 0.2) is 0 Å². The smallest absolute Gasteiger partial charge is 0.351 e. The molecule has 2 N–H and O–H groups in total. The number of carbonyl (C=O) groups is 1. The van der Waals surface area contributed by atoms with Crippen LogP contribution in [0.2, 0.25) is 0 Å². The van der Waals surface area contributed by atoms with E-state index in [0.717, 1.165) is 23.3 Å². The minimum atomic E-state index is -4.42. The standard InChI is InChI=1S/C23H27F3N2O/c1-15(21(2,3)4)22(17-9-11-18(12-10-17)23(24,25)26)19-8-6-5-7-16(19)13-14-28(22)20(27)29/h5-12,15H,13-14H2,1-4H3,(H2,27,29)/t15-,22?/m1/s1. The maximum Gasteiger partial charge on any atom is 0.416 e. The molecule has 2 aromatic carbocycles. The Balaban J connectivity index is 2.35. The lowest BCUT2D eigenvalue weighted by Crippen LogP contribution is -2.61. The number of alkyl halides is 3. The van der Waals surface area contributed by atoms with Crippen molar-refractivity contribution in [1.29, 1.82) is 0 Å². The highest BCUT2D eigenvalue weighted by molar-refractivity contribution is 5.75. The third-order valence-electron chi connectivity index (χ3n) is 6.30. The van der Waals surface area contributed by atoms with Gasteiger partial charge in [0.1, 0.15) is 0 Å². The highest BCUT2D eigenvalue weighted by atomic mass is 19.4. The predicted octanol–water partition coefficient (Wildman–Crippen LogP) is 5.57. The number of nitrogens with zero attached hydrogens (tertiary/aromatic N) is 1. The maximum atomic E-state index is 13.2. The van der Waals surface area contributed by atoms with Gasteiger partial charge in [0, 0.05) is 6.54 Å². The van der Waals surface area contributed by atoms with Crippen LogP contribution in [-0.2, 0) is 18.1 Å². The van der Waals surface area contributed by atoms with Gasteiger partial charge in [0.2, 0.25) is 0 Å². The van der Waals surface area contributed by atoms with Crippen molar-refractivity contribution in [1.82, 2.24) is 4.90 Å². The minimum Gasteiger partial charge on any atom is -0.351 e. The van der Waals surface area contributed by atoms with E-state index >= 15 is 0 Å². The van der Waals surface area contributed by atoms with Crippen LogP contribution in [-0.4, -0.2) is 17.5 Å². The molecule has 3 rings (SSSR count). The fraction of sp³-hybridized carbons (Fsp3) is 0.435. The Morgan fingerprint density at radius 3 is 2.17 bits per heavy atom. The van der Waals surface area contributed by atoms with Crippen LogP contribution in [0.15, 0.2) is 48.5 Å². The summed E-state index contributed by atoms with van der Waals surface area (Å²) in [6.45, 7) is 8.66. The van der Waals surface area contributed by atoms with E-state index in [2.05, 4.69) is 20.8 Å². The summed E-state index contributed by atoms with van der Waals surface area (Å²) in [7, 11) is 0. The van der Waals surface area contributed by atoms with Crippen LogP contribution in [0.4, 0.5) is 18.0 Å². The van der Waals surface area contributed by atoms with Crippen LogP contribution in [0.1, 0.15) is 49.9 Å². The van der Waals surface area contributed by atoms with E-state index in [1.54, 1.807) is 4.90 Å². The predicted molar refractivity (Wildman–Crippen MR) is 107 cm³/mol. The Labute approximate surface area is 169 Å². The van der Waals surface area contributed by atoms with E-state index in [1.165, 1.54) is 12.1 Å². The average molecular weight is 404 g/mol. The summed E-state index contributed by atoms with van der Waals surface area (Å²) in [5.41, 5.74) is 6.55. The highest BCUT2D eigenvalue weighted by Gasteiger charge is 2.53. The van der Waals surface area contributed by atoms with Gasteiger partial charge >= 0.3 is 12.2 Å². The molecule has 1 aliphatic rings. The topological polar surface area (TPSA) is 46.3 Å². The molecule has 0 fully saturated rings. The number of fused-ring (bicyclic) bond motifs is 1. The van der Waals surface area contributed by atoms with Crippen molar-refractivity contribution < 1.29 is 18.0 Å². The zero-order valence-corrected chi connectivity index (χ0v) is 17.2. The first-order valence-corrected chi connectivity index (χ1v) is 9.73. The van der Waals surface area contributed by atoms with Crippen LogP contribution in [0.3, 0.4) is 0 Å². The van der Waals surface area contributed by atoms with Crippen LogP contribution >= 0.6 is 0 Å². The van der Waals surface area contributed by atoms with Gasteiger partial charge in [-0.3, -0.25) is 0 Å². The monoisotopic (exact) mass is 404 g/mol. The van der Waals surface area contributed by atoms with Crippen molar-refractivity contribution in [3.05, 3.63) is 70.8 Å². The second-order valence-corrected chi connectivity index (χ2v) is 8.83. The summed E-state index contributed by atoms with van der Waals surface area (Å²) in [6, 6.07) is 12.4. The Kier molecular flexibility index (Phi) is 5.18. The third-order valence-corrected chi connectivity index (χ3v) is 6.30. The molecule has 0 spiro atoms. The van der Waals surface area contributed by atoms with Gasteiger partial charge in [-0.1, -0.05) is 64.1 Å². The molecular formula is C23H27F3N2O. The Morgan fingerprint density at radius 2 is 1.66 bits per heavy atom. The molecule has 3 nitrogen and oxygen atoms in total. The van der Waals surface area contributed by atoms with E-state index in [4.69, 9.17) is 5.73 Å². The summed E-state index contributed by atoms with van der Waals surface area (Å²) in [4.78, 5) is 14.2. The van der Waals surface area contributed by atoms with Crippen molar-refractivity contribution in [2.24, 2.45) is 17.1 Å². The molecular weight excluding hydrogens is 377 g/mol. The van der Waals surface area contributed by atoms with Crippen molar-refractivity contribution in [3.8, 4) is 0 Å². The van der Waals surface area contributed by atoms with Gasteiger partial charge in [0.05, 0.1) is 11.1 Å². The van der Waals surface area contributed by atoms with Crippen molar-refractivity contribution in [2.45, 2.75) is 45.8 Å². The van der Waals surface area contributed by atoms with Crippen LogP contribution in [0, 0.1) is 11.3 Å². The van der Waals surface area contributed by atoms with Gasteiger partial charge in [-0.05, 0) is 46.6 Å². The zero-order valence-electron chi connectivity index (χ0n) is 17.2. The molecule has 0 aromatic heterocycles. The molecule has 1 unspecified atom stereocenters. The summed E-state index contributed by atoms with van der Waals surface area (Å²) < 4.78 is 39.5. The first-order chi connectivity index (χ1) is 13.4. The molecule has 2 aromatic rings. The van der Waals surface area contributed by atoms with E-state index in [0.29, 0.717) is 18.5 Å². The van der Waals surface area contributed by atoms with Gasteiger partial charge in [-0.25, -0.2) is 4.79 Å². The number of benzene rings is 2. The van der Waals surface area contributed by atoms with Crippen molar-refractivity contribution >= 4 is 6.03 Å². The second kappa shape index (κ2) is 7.08. The number of hydrogen-bond acceptors (Lipinski definition) is 1. The molecule has 2 amide bonds. The van der Waals surface area contributed by atoms with E-state index in [1.807, 2.05) is 31.2 Å².